The number of carboxylic acids is 1. The van der Waals surface area contributed by atoms with Crippen molar-refractivity contribution in [3.63, 3.8) is 0 Å². The maximum absolute atomic E-state index is 12.1. The van der Waals surface area contributed by atoms with Gasteiger partial charge in [0.05, 0.1) is 12.8 Å². The normalized spacial score (nSPS) is 48.4. The lowest BCUT2D eigenvalue weighted by atomic mass is 9.58. The molecule has 8 nitrogen and oxygen atoms in total. The van der Waals surface area contributed by atoms with Gasteiger partial charge in [-0.25, -0.2) is 9.78 Å². The topological polar surface area (TPSA) is 101 Å². The quantitative estimate of drug-likeness (QED) is 0.583. The van der Waals surface area contributed by atoms with Crippen LogP contribution < -0.4 is 0 Å². The summed E-state index contributed by atoms with van der Waals surface area (Å²) in [6.07, 6.45) is 1.72. The molecule has 1 aliphatic carbocycles. The minimum atomic E-state index is -1.03. The van der Waals surface area contributed by atoms with Crippen molar-refractivity contribution in [1.29, 1.82) is 0 Å². The Bertz CT molecular complexity index is 623. The fourth-order valence-corrected chi connectivity index (χ4v) is 5.40. The highest BCUT2D eigenvalue weighted by Crippen LogP contribution is 2.60. The number of rotatable bonds is 4. The maximum Gasteiger partial charge on any atom is 0.308 e. The fourth-order valence-electron chi connectivity index (χ4n) is 5.40. The first-order valence-corrected chi connectivity index (χ1v) is 9.86. The lowest BCUT2D eigenvalue weighted by Gasteiger charge is -2.59. The van der Waals surface area contributed by atoms with Crippen molar-refractivity contribution in [2.24, 2.45) is 23.7 Å². The molecule has 152 valence electrons. The van der Waals surface area contributed by atoms with Crippen molar-refractivity contribution >= 4 is 11.9 Å². The van der Waals surface area contributed by atoms with Gasteiger partial charge in [-0.15, -0.1) is 0 Å². The van der Waals surface area contributed by atoms with Gasteiger partial charge in [-0.3, -0.25) is 9.59 Å². The van der Waals surface area contributed by atoms with E-state index in [0.29, 0.717) is 12.3 Å². The molecule has 1 N–H and O–H groups in total. The van der Waals surface area contributed by atoms with Crippen LogP contribution in [-0.2, 0) is 33.6 Å². The van der Waals surface area contributed by atoms with E-state index in [-0.39, 0.29) is 30.6 Å². The molecule has 5 fully saturated rings. The van der Waals surface area contributed by atoms with E-state index in [1.807, 2.05) is 13.8 Å². The van der Waals surface area contributed by atoms with E-state index in [9.17, 15) is 9.59 Å². The Morgan fingerprint density at radius 2 is 1.89 bits per heavy atom. The molecule has 5 aliphatic rings. The van der Waals surface area contributed by atoms with Gasteiger partial charge in [0.25, 0.3) is 0 Å². The number of carboxylic acid groups (broad SMARTS) is 1. The van der Waals surface area contributed by atoms with Crippen molar-refractivity contribution in [3.05, 3.63) is 0 Å². The number of ether oxygens (including phenoxy) is 3. The van der Waals surface area contributed by atoms with Crippen molar-refractivity contribution in [2.45, 2.75) is 83.3 Å². The van der Waals surface area contributed by atoms with Crippen LogP contribution >= 0.6 is 0 Å². The van der Waals surface area contributed by atoms with Crippen LogP contribution in [0.2, 0.25) is 0 Å². The van der Waals surface area contributed by atoms with E-state index in [1.54, 1.807) is 0 Å². The minimum absolute atomic E-state index is 0.0670. The first-order chi connectivity index (χ1) is 12.7. The molecule has 0 aromatic heterocycles. The molecule has 8 heteroatoms. The van der Waals surface area contributed by atoms with E-state index in [4.69, 9.17) is 29.1 Å². The molecule has 1 spiro atoms. The Morgan fingerprint density at radius 3 is 2.63 bits per heavy atom. The summed E-state index contributed by atoms with van der Waals surface area (Å²) >= 11 is 0. The highest BCUT2D eigenvalue weighted by atomic mass is 17.3. The van der Waals surface area contributed by atoms with Crippen LogP contribution in [0.5, 0.6) is 0 Å². The minimum Gasteiger partial charge on any atom is -0.481 e. The van der Waals surface area contributed by atoms with Gasteiger partial charge in [-0.2, -0.15) is 0 Å². The zero-order valence-corrected chi connectivity index (χ0v) is 16.0. The predicted molar refractivity (Wildman–Crippen MR) is 89.8 cm³/mol. The van der Waals surface area contributed by atoms with E-state index >= 15 is 0 Å². The summed E-state index contributed by atoms with van der Waals surface area (Å²) in [5, 5.41) is 8.76. The number of carbonyl (C=O) groups is 2. The molecule has 4 heterocycles. The van der Waals surface area contributed by atoms with Gasteiger partial charge < -0.3 is 19.3 Å². The Labute approximate surface area is 158 Å². The molecular weight excluding hydrogens is 356 g/mol. The van der Waals surface area contributed by atoms with Crippen LogP contribution in [0.3, 0.4) is 0 Å². The molecule has 2 bridgehead atoms. The summed E-state index contributed by atoms with van der Waals surface area (Å²) in [7, 11) is 0. The molecule has 8 atom stereocenters. The van der Waals surface area contributed by atoms with E-state index in [0.717, 1.165) is 19.3 Å². The van der Waals surface area contributed by atoms with Crippen LogP contribution in [0.4, 0.5) is 0 Å². The van der Waals surface area contributed by atoms with Gasteiger partial charge in [0, 0.05) is 18.3 Å². The Morgan fingerprint density at radius 1 is 1.11 bits per heavy atom. The van der Waals surface area contributed by atoms with Crippen LogP contribution in [0.1, 0.15) is 59.3 Å². The molecule has 0 radical (unpaired) electrons. The third-order valence-electron chi connectivity index (χ3n) is 6.89. The number of aliphatic carboxylic acids is 1. The Hall–Kier alpha value is -1.22. The van der Waals surface area contributed by atoms with Crippen LogP contribution in [-0.4, -0.2) is 41.0 Å². The third kappa shape index (κ3) is 3.06. The third-order valence-corrected chi connectivity index (χ3v) is 6.89. The zero-order valence-electron chi connectivity index (χ0n) is 16.0. The van der Waals surface area contributed by atoms with E-state index in [1.165, 1.54) is 0 Å². The first kappa shape index (κ1) is 19.1. The van der Waals surface area contributed by atoms with Gasteiger partial charge >= 0.3 is 11.9 Å². The SMILES string of the molecule is C[C@@H]1CCC2[C@@H](C)[C@@H](OC(=O)CCC(=O)O)O[C@@H]3O[C@]4(C)CC[C@@H]1C23OO4. The molecule has 0 amide bonds. The molecule has 27 heavy (non-hydrogen) atoms. The van der Waals surface area contributed by atoms with Crippen molar-refractivity contribution in [2.75, 3.05) is 0 Å². The molecule has 5 rings (SSSR count). The molecular formula is C19H28O8. The number of fused-ring (bicyclic) bond motifs is 2. The second kappa shape index (κ2) is 6.69. The largest absolute Gasteiger partial charge is 0.481 e. The van der Waals surface area contributed by atoms with Crippen molar-refractivity contribution in [1.82, 2.24) is 0 Å². The molecule has 0 aromatic carbocycles. The van der Waals surface area contributed by atoms with Crippen molar-refractivity contribution in [3.8, 4) is 0 Å². The summed E-state index contributed by atoms with van der Waals surface area (Å²) in [5.41, 5.74) is -0.697. The van der Waals surface area contributed by atoms with Crippen LogP contribution in [0.25, 0.3) is 0 Å². The Balaban J connectivity index is 1.58. The molecule has 4 saturated heterocycles. The van der Waals surface area contributed by atoms with Gasteiger partial charge in [-0.1, -0.05) is 13.8 Å². The fraction of sp³-hybridized carbons (Fsp3) is 0.895. The summed E-state index contributed by atoms with van der Waals surface area (Å²) in [6, 6.07) is 0. The summed E-state index contributed by atoms with van der Waals surface area (Å²) < 4.78 is 17.8. The van der Waals surface area contributed by atoms with Gasteiger partial charge in [-0.05, 0) is 38.0 Å². The number of hydrogen-bond acceptors (Lipinski definition) is 7. The van der Waals surface area contributed by atoms with E-state index < -0.39 is 35.9 Å². The summed E-state index contributed by atoms with van der Waals surface area (Å²) in [5.74, 6) is -1.82. The number of carbonyl (C=O) groups excluding carboxylic acids is 1. The highest BCUT2D eigenvalue weighted by molar-refractivity contribution is 5.76. The number of esters is 1. The second-order valence-corrected chi connectivity index (χ2v) is 8.66. The standard InChI is InChI=1S/C19H28O8/c1-10-4-5-13-11(2)16(23-15(22)7-6-14(20)21)24-17-19(13)12(10)8-9-18(3,25-17)26-27-19/h10-13,16-17H,4-9H2,1-3H3,(H,20,21)/t10-,11-,12+,13?,16+,17-,18+,19?/m1/s1. The zero-order chi connectivity index (χ0) is 19.4. The monoisotopic (exact) mass is 384 g/mol. The predicted octanol–water partition coefficient (Wildman–Crippen LogP) is 2.60. The van der Waals surface area contributed by atoms with Crippen molar-refractivity contribution < 1.29 is 38.7 Å². The van der Waals surface area contributed by atoms with Gasteiger partial charge in [0.15, 0.2) is 11.9 Å². The average Bonchev–Trinajstić information content (AvgIpc) is 2.84. The lowest BCUT2D eigenvalue weighted by molar-refractivity contribution is -0.576. The number of hydrogen-bond donors (Lipinski definition) is 1. The van der Waals surface area contributed by atoms with Gasteiger partial charge in [0.1, 0.15) is 0 Å². The Kier molecular flexibility index (Phi) is 4.73. The molecule has 0 aromatic rings. The average molecular weight is 384 g/mol. The van der Waals surface area contributed by atoms with E-state index in [2.05, 4.69) is 6.92 Å². The lowest BCUT2D eigenvalue weighted by Crippen LogP contribution is -2.70. The second-order valence-electron chi connectivity index (χ2n) is 8.66. The molecule has 4 aliphatic heterocycles. The highest BCUT2D eigenvalue weighted by Gasteiger charge is 2.69. The molecule has 2 unspecified atom stereocenters. The maximum atomic E-state index is 12.1. The molecule has 1 saturated carbocycles. The van der Waals surface area contributed by atoms with Gasteiger partial charge in [0.2, 0.25) is 12.1 Å². The smallest absolute Gasteiger partial charge is 0.308 e. The summed E-state index contributed by atoms with van der Waals surface area (Å²) in [6.45, 7) is 6.06. The van der Waals surface area contributed by atoms with Crippen LogP contribution in [0.15, 0.2) is 0 Å². The van der Waals surface area contributed by atoms with Crippen LogP contribution in [0, 0.1) is 23.7 Å². The first-order valence-electron chi connectivity index (χ1n) is 9.86. The summed E-state index contributed by atoms with van der Waals surface area (Å²) in [4.78, 5) is 34.5.